The van der Waals surface area contributed by atoms with Crippen molar-refractivity contribution in [1.82, 2.24) is 14.5 Å². The van der Waals surface area contributed by atoms with Crippen LogP contribution in [0.5, 0.6) is 0 Å². The first-order valence-electron chi connectivity index (χ1n) is 8.64. The van der Waals surface area contributed by atoms with Crippen molar-refractivity contribution in [2.75, 3.05) is 12.3 Å². The Balaban J connectivity index is 1.66. The van der Waals surface area contributed by atoms with Crippen LogP contribution in [0.15, 0.2) is 53.7 Å². The smallest absolute Gasteiger partial charge is 0.239 e. The number of carbonyl (C=O) groups excluding carboxylic acids is 2. The topological polar surface area (TPSA) is 55.2 Å². The SMILES string of the molecule is Cc1ccc(-n2c(SCC(=O)N3CCCC3=O)nc3ccccc32)cc1. The van der Waals surface area contributed by atoms with Crippen LogP contribution in [0.2, 0.25) is 0 Å². The summed E-state index contributed by atoms with van der Waals surface area (Å²) in [7, 11) is 0. The molecule has 0 saturated carbocycles. The highest BCUT2D eigenvalue weighted by Crippen LogP contribution is 2.28. The summed E-state index contributed by atoms with van der Waals surface area (Å²) >= 11 is 1.38. The molecule has 1 aliphatic rings. The van der Waals surface area contributed by atoms with Crippen LogP contribution in [0.4, 0.5) is 0 Å². The fraction of sp³-hybridized carbons (Fsp3) is 0.250. The van der Waals surface area contributed by atoms with Gasteiger partial charge in [-0.1, -0.05) is 41.6 Å². The van der Waals surface area contributed by atoms with E-state index in [1.807, 2.05) is 24.3 Å². The maximum atomic E-state index is 12.4. The zero-order valence-corrected chi connectivity index (χ0v) is 15.3. The first kappa shape index (κ1) is 16.8. The van der Waals surface area contributed by atoms with Crippen molar-refractivity contribution in [2.24, 2.45) is 0 Å². The molecule has 26 heavy (non-hydrogen) atoms. The quantitative estimate of drug-likeness (QED) is 0.663. The normalized spacial score (nSPS) is 14.3. The van der Waals surface area contributed by atoms with E-state index in [0.29, 0.717) is 13.0 Å². The number of para-hydroxylation sites is 2. The van der Waals surface area contributed by atoms with Crippen LogP contribution in [0.25, 0.3) is 16.7 Å². The molecule has 4 rings (SSSR count). The van der Waals surface area contributed by atoms with Crippen molar-refractivity contribution in [1.29, 1.82) is 0 Å². The second-order valence-corrected chi connectivity index (χ2v) is 7.33. The van der Waals surface area contributed by atoms with Crippen LogP contribution in [0.3, 0.4) is 0 Å². The van der Waals surface area contributed by atoms with Gasteiger partial charge in [0.25, 0.3) is 0 Å². The minimum atomic E-state index is -0.139. The Morgan fingerprint density at radius 3 is 2.65 bits per heavy atom. The molecule has 1 fully saturated rings. The standard InChI is InChI=1S/C20H19N3O2S/c1-14-8-10-15(11-9-14)23-17-6-3-2-5-16(17)21-20(23)26-13-19(25)22-12-4-7-18(22)24/h2-3,5-6,8-11H,4,7,12-13H2,1H3. The second kappa shape index (κ2) is 6.96. The molecule has 0 spiro atoms. The summed E-state index contributed by atoms with van der Waals surface area (Å²) in [4.78, 5) is 30.2. The van der Waals surface area contributed by atoms with E-state index in [9.17, 15) is 9.59 Å². The number of aromatic nitrogens is 2. The minimum Gasteiger partial charge on any atom is -0.287 e. The molecule has 0 atom stereocenters. The summed E-state index contributed by atoms with van der Waals surface area (Å²) < 4.78 is 2.07. The number of benzene rings is 2. The van der Waals surface area contributed by atoms with Crippen LogP contribution < -0.4 is 0 Å². The molecule has 2 amide bonds. The summed E-state index contributed by atoms with van der Waals surface area (Å²) in [5.74, 6) is 0.00337. The lowest BCUT2D eigenvalue weighted by Gasteiger charge is -2.13. The molecular weight excluding hydrogens is 346 g/mol. The third kappa shape index (κ3) is 3.12. The number of nitrogens with zero attached hydrogens (tertiary/aromatic N) is 3. The molecule has 0 radical (unpaired) electrons. The number of likely N-dealkylation sites (tertiary alicyclic amines) is 1. The minimum absolute atomic E-state index is 0.0670. The van der Waals surface area contributed by atoms with E-state index in [2.05, 4.69) is 35.8 Å². The van der Waals surface area contributed by atoms with Crippen LogP contribution in [0.1, 0.15) is 18.4 Å². The number of carbonyl (C=O) groups is 2. The Hall–Kier alpha value is -2.60. The molecule has 1 aliphatic heterocycles. The molecule has 3 aromatic rings. The van der Waals surface area contributed by atoms with Crippen LogP contribution in [-0.4, -0.2) is 38.6 Å². The van der Waals surface area contributed by atoms with Gasteiger partial charge in [-0.25, -0.2) is 4.98 Å². The van der Waals surface area contributed by atoms with E-state index in [4.69, 9.17) is 4.98 Å². The summed E-state index contributed by atoms with van der Waals surface area (Å²) in [6.07, 6.45) is 1.23. The Labute approximate surface area is 156 Å². The van der Waals surface area contributed by atoms with Crippen LogP contribution in [-0.2, 0) is 9.59 Å². The maximum Gasteiger partial charge on any atom is 0.239 e. The molecule has 0 N–H and O–H groups in total. The van der Waals surface area contributed by atoms with Gasteiger partial charge in [-0.05, 0) is 37.6 Å². The lowest BCUT2D eigenvalue weighted by molar-refractivity contribution is -0.140. The first-order chi connectivity index (χ1) is 12.6. The molecular formula is C20H19N3O2S. The van der Waals surface area contributed by atoms with Crippen molar-refractivity contribution in [2.45, 2.75) is 24.9 Å². The maximum absolute atomic E-state index is 12.4. The number of hydrogen-bond acceptors (Lipinski definition) is 4. The zero-order chi connectivity index (χ0) is 18.1. The van der Waals surface area contributed by atoms with Crippen molar-refractivity contribution in [3.63, 3.8) is 0 Å². The van der Waals surface area contributed by atoms with Gasteiger partial charge in [-0.3, -0.25) is 19.1 Å². The number of imide groups is 1. The van der Waals surface area contributed by atoms with E-state index < -0.39 is 0 Å². The monoisotopic (exact) mass is 365 g/mol. The highest BCUT2D eigenvalue weighted by molar-refractivity contribution is 7.99. The number of imidazole rings is 1. The van der Waals surface area contributed by atoms with Gasteiger partial charge >= 0.3 is 0 Å². The zero-order valence-electron chi connectivity index (χ0n) is 14.5. The average molecular weight is 365 g/mol. The third-order valence-electron chi connectivity index (χ3n) is 4.52. The van der Waals surface area contributed by atoms with Gasteiger partial charge in [0.15, 0.2) is 5.16 Å². The van der Waals surface area contributed by atoms with Gasteiger partial charge in [0, 0.05) is 18.7 Å². The number of amides is 2. The largest absolute Gasteiger partial charge is 0.287 e. The molecule has 2 aromatic carbocycles. The number of fused-ring (bicyclic) bond motifs is 1. The van der Waals surface area contributed by atoms with E-state index in [1.165, 1.54) is 22.2 Å². The number of aryl methyl sites for hydroxylation is 1. The molecule has 6 heteroatoms. The summed E-state index contributed by atoms with van der Waals surface area (Å²) in [6, 6.07) is 16.2. The predicted octanol–water partition coefficient (Wildman–Crippen LogP) is 3.58. The summed E-state index contributed by atoms with van der Waals surface area (Å²) in [6.45, 7) is 2.59. The van der Waals surface area contributed by atoms with Crippen LogP contribution in [0, 0.1) is 6.92 Å². The third-order valence-corrected chi connectivity index (χ3v) is 5.44. The summed E-state index contributed by atoms with van der Waals surface area (Å²) in [5, 5.41) is 0.759. The molecule has 0 bridgehead atoms. The lowest BCUT2D eigenvalue weighted by Crippen LogP contribution is -2.33. The van der Waals surface area contributed by atoms with E-state index >= 15 is 0 Å². The molecule has 2 heterocycles. The van der Waals surface area contributed by atoms with Crippen molar-refractivity contribution in [3.05, 3.63) is 54.1 Å². The van der Waals surface area contributed by atoms with Gasteiger partial charge < -0.3 is 0 Å². The van der Waals surface area contributed by atoms with E-state index in [1.54, 1.807) is 0 Å². The van der Waals surface area contributed by atoms with Gasteiger partial charge in [0.1, 0.15) is 0 Å². The van der Waals surface area contributed by atoms with Crippen LogP contribution >= 0.6 is 11.8 Å². The summed E-state index contributed by atoms with van der Waals surface area (Å²) in [5.41, 5.74) is 4.09. The average Bonchev–Trinajstić information content (AvgIpc) is 3.24. The number of thioether (sulfide) groups is 1. The second-order valence-electron chi connectivity index (χ2n) is 6.39. The molecule has 1 saturated heterocycles. The van der Waals surface area contributed by atoms with Crippen molar-refractivity contribution in [3.8, 4) is 5.69 Å². The van der Waals surface area contributed by atoms with Gasteiger partial charge in [-0.2, -0.15) is 0 Å². The van der Waals surface area contributed by atoms with Gasteiger partial charge in [-0.15, -0.1) is 0 Å². The molecule has 132 valence electrons. The number of rotatable bonds is 4. The first-order valence-corrected chi connectivity index (χ1v) is 9.62. The fourth-order valence-electron chi connectivity index (χ4n) is 3.16. The lowest BCUT2D eigenvalue weighted by atomic mass is 10.2. The van der Waals surface area contributed by atoms with Gasteiger partial charge in [0.05, 0.1) is 16.8 Å². The van der Waals surface area contributed by atoms with E-state index in [0.717, 1.165) is 28.3 Å². The molecule has 5 nitrogen and oxygen atoms in total. The molecule has 1 aromatic heterocycles. The van der Waals surface area contributed by atoms with Crippen molar-refractivity contribution >= 4 is 34.6 Å². The highest BCUT2D eigenvalue weighted by Gasteiger charge is 2.26. The predicted molar refractivity (Wildman–Crippen MR) is 102 cm³/mol. The van der Waals surface area contributed by atoms with Crippen molar-refractivity contribution < 1.29 is 9.59 Å². The fourth-order valence-corrected chi connectivity index (χ4v) is 4.06. The van der Waals surface area contributed by atoms with Gasteiger partial charge in [0.2, 0.25) is 11.8 Å². The Kier molecular flexibility index (Phi) is 4.51. The Morgan fingerprint density at radius 1 is 1.15 bits per heavy atom. The van der Waals surface area contributed by atoms with E-state index in [-0.39, 0.29) is 17.6 Å². The highest BCUT2D eigenvalue weighted by atomic mass is 32.2. The molecule has 0 aliphatic carbocycles. The Morgan fingerprint density at radius 2 is 1.92 bits per heavy atom. The Bertz CT molecular complexity index is 978. The number of hydrogen-bond donors (Lipinski definition) is 0. The molecule has 0 unspecified atom stereocenters.